The second-order valence-corrected chi connectivity index (χ2v) is 10.3. The molecule has 3 aromatic rings. The van der Waals surface area contributed by atoms with Crippen LogP contribution in [-0.2, 0) is 16.4 Å². The van der Waals surface area contributed by atoms with Gasteiger partial charge in [0.1, 0.15) is 17.0 Å². The van der Waals surface area contributed by atoms with Gasteiger partial charge >= 0.3 is 6.18 Å². The van der Waals surface area contributed by atoms with Crippen molar-refractivity contribution < 1.29 is 21.6 Å². The van der Waals surface area contributed by atoms with E-state index in [4.69, 9.17) is 4.98 Å². The number of H-pyrrole nitrogens is 1. The summed E-state index contributed by atoms with van der Waals surface area (Å²) in [5, 5.41) is 3.54. The predicted molar refractivity (Wildman–Crippen MR) is 116 cm³/mol. The Kier molecular flexibility index (Phi) is 6.46. The van der Waals surface area contributed by atoms with Crippen molar-refractivity contribution in [3.63, 3.8) is 0 Å². The van der Waals surface area contributed by atoms with Gasteiger partial charge in [0.2, 0.25) is 10.0 Å². The number of halogens is 3. The minimum Gasteiger partial charge on any atom is -0.346 e. The molecule has 8 nitrogen and oxygen atoms in total. The van der Waals surface area contributed by atoms with Crippen molar-refractivity contribution in [3.8, 4) is 0 Å². The molecule has 0 amide bonds. The third-order valence-electron chi connectivity index (χ3n) is 6.01. The first kappa shape index (κ1) is 23.0. The summed E-state index contributed by atoms with van der Waals surface area (Å²) in [7, 11) is -3.31. The van der Waals surface area contributed by atoms with E-state index in [0.29, 0.717) is 32.1 Å². The Morgan fingerprint density at radius 2 is 2.00 bits per heavy atom. The van der Waals surface area contributed by atoms with Crippen molar-refractivity contribution in [2.45, 2.75) is 57.3 Å². The third kappa shape index (κ3) is 5.07. The highest BCUT2D eigenvalue weighted by molar-refractivity contribution is 7.89. The molecule has 32 heavy (non-hydrogen) atoms. The van der Waals surface area contributed by atoms with Crippen molar-refractivity contribution in [3.05, 3.63) is 24.3 Å². The monoisotopic (exact) mass is 472 g/mol. The fraction of sp³-hybridized carbons (Fsp3) is 0.600. The molecule has 0 radical (unpaired) electrons. The van der Waals surface area contributed by atoms with Gasteiger partial charge in [-0.05, 0) is 38.7 Å². The van der Waals surface area contributed by atoms with E-state index in [9.17, 15) is 21.6 Å². The largest absolute Gasteiger partial charge is 0.401 e. The molecule has 3 heterocycles. The van der Waals surface area contributed by atoms with Crippen molar-refractivity contribution in [1.29, 1.82) is 0 Å². The topological polar surface area (TPSA) is 105 Å². The first-order chi connectivity index (χ1) is 15.2. The molecule has 1 saturated carbocycles. The quantitative estimate of drug-likeness (QED) is 0.468. The number of fused-ring (bicyclic) bond motifs is 3. The summed E-state index contributed by atoms with van der Waals surface area (Å²) in [4.78, 5) is 12.2. The lowest BCUT2D eigenvalue weighted by atomic mass is 9.90. The fourth-order valence-corrected chi connectivity index (χ4v) is 5.05. The smallest absolute Gasteiger partial charge is 0.346 e. The maximum Gasteiger partial charge on any atom is 0.401 e. The van der Waals surface area contributed by atoms with Gasteiger partial charge in [-0.25, -0.2) is 23.1 Å². The van der Waals surface area contributed by atoms with E-state index >= 15 is 0 Å². The summed E-state index contributed by atoms with van der Waals surface area (Å²) in [5.74, 6) is 0.757. The molecule has 0 atom stereocenters. The molecule has 4 rings (SSSR count). The van der Waals surface area contributed by atoms with Crippen LogP contribution in [0.25, 0.3) is 22.1 Å². The zero-order valence-corrected chi connectivity index (χ0v) is 18.6. The molecule has 3 N–H and O–H groups in total. The van der Waals surface area contributed by atoms with E-state index < -0.39 is 22.7 Å². The van der Waals surface area contributed by atoms with Gasteiger partial charge in [-0.15, -0.1) is 0 Å². The number of hydrogen-bond donors (Lipinski definition) is 3. The lowest BCUT2D eigenvalue weighted by Crippen LogP contribution is -2.39. The number of rotatable bonds is 8. The number of pyridine rings is 1. The second-order valence-electron chi connectivity index (χ2n) is 8.18. The molecule has 3 aromatic heterocycles. The average Bonchev–Trinajstić information content (AvgIpc) is 3.36. The van der Waals surface area contributed by atoms with Gasteiger partial charge in [0.25, 0.3) is 0 Å². The van der Waals surface area contributed by atoms with Gasteiger partial charge in [0.05, 0.1) is 24.0 Å². The van der Waals surface area contributed by atoms with Crippen LogP contribution in [0.4, 0.5) is 13.2 Å². The van der Waals surface area contributed by atoms with Gasteiger partial charge in [-0.3, -0.25) is 0 Å². The van der Waals surface area contributed by atoms with Crippen molar-refractivity contribution in [2.24, 2.45) is 0 Å². The first-order valence-corrected chi connectivity index (χ1v) is 12.4. The molecule has 12 heteroatoms. The number of alkyl halides is 3. The van der Waals surface area contributed by atoms with Gasteiger partial charge in [-0.1, -0.05) is 0 Å². The maximum atomic E-state index is 12.6. The Bertz CT molecular complexity index is 1180. The van der Waals surface area contributed by atoms with Crippen molar-refractivity contribution in [2.75, 3.05) is 18.8 Å². The Labute approximate surface area is 184 Å². The average molecular weight is 473 g/mol. The number of aromatic amines is 1. The number of hydrogen-bond acceptors (Lipinski definition) is 5. The summed E-state index contributed by atoms with van der Waals surface area (Å²) in [6, 6.07) is 1.83. The highest BCUT2D eigenvalue weighted by Gasteiger charge is 2.31. The lowest BCUT2D eigenvalue weighted by Gasteiger charge is -2.31. The van der Waals surface area contributed by atoms with E-state index in [1.54, 1.807) is 13.1 Å². The summed E-state index contributed by atoms with van der Waals surface area (Å²) < 4.78 is 66.0. The molecule has 176 valence electrons. The Hall–Kier alpha value is -2.18. The summed E-state index contributed by atoms with van der Waals surface area (Å²) in [6.07, 6.45) is 2.37. The maximum absolute atomic E-state index is 12.6. The van der Waals surface area contributed by atoms with Crippen LogP contribution < -0.4 is 10.0 Å². The number of nitrogens with zero attached hydrogens (tertiary/aromatic N) is 3. The number of sulfonamides is 1. The van der Waals surface area contributed by atoms with Crippen LogP contribution in [0.1, 0.15) is 44.5 Å². The van der Waals surface area contributed by atoms with E-state index in [2.05, 4.69) is 24.6 Å². The molecule has 1 aliphatic carbocycles. The zero-order valence-electron chi connectivity index (χ0n) is 17.7. The number of aromatic nitrogens is 4. The van der Waals surface area contributed by atoms with Crippen LogP contribution in [0.5, 0.6) is 0 Å². The molecule has 1 aliphatic rings. The molecule has 0 unspecified atom stereocenters. The van der Waals surface area contributed by atoms with E-state index in [-0.39, 0.29) is 24.4 Å². The molecule has 0 spiro atoms. The molecular weight excluding hydrogens is 445 g/mol. The summed E-state index contributed by atoms with van der Waals surface area (Å²) >= 11 is 0. The van der Waals surface area contributed by atoms with Gasteiger partial charge < -0.3 is 14.9 Å². The second kappa shape index (κ2) is 8.99. The fourth-order valence-electron chi connectivity index (χ4n) is 4.43. The Morgan fingerprint density at radius 3 is 2.69 bits per heavy atom. The predicted octanol–water partition coefficient (Wildman–Crippen LogP) is 3.03. The standard InChI is InChI=1S/C20H27F3N6O2S/c1-2-32(30,31)27-10-8-17-28-16-11-25-19-15(7-9-24-19)18(16)29(17)14-5-3-13(4-6-14)26-12-20(21,22)23/h7,9,11,13-14,26-27H,2-6,8,10,12H2,1H3,(H,24,25)/t13-,14-. The summed E-state index contributed by atoms with van der Waals surface area (Å²) in [5.41, 5.74) is 2.39. The van der Waals surface area contributed by atoms with E-state index in [0.717, 1.165) is 27.9 Å². The van der Waals surface area contributed by atoms with Crippen LogP contribution in [-0.4, -0.2) is 59.0 Å². The van der Waals surface area contributed by atoms with E-state index in [1.165, 1.54) is 0 Å². The third-order valence-corrected chi connectivity index (χ3v) is 7.42. The Balaban J connectivity index is 1.59. The molecule has 0 saturated heterocycles. The number of imidazole rings is 1. The highest BCUT2D eigenvalue weighted by Crippen LogP contribution is 2.35. The molecule has 0 bridgehead atoms. The van der Waals surface area contributed by atoms with Gasteiger partial charge in [-0.2, -0.15) is 13.2 Å². The minimum atomic E-state index is -4.22. The SMILES string of the molecule is CCS(=O)(=O)NCCc1nc2cnc3[nH]ccc3c2n1[C@H]1CC[C@H](NCC(F)(F)F)CC1. The van der Waals surface area contributed by atoms with Crippen molar-refractivity contribution >= 4 is 32.1 Å². The molecule has 1 fully saturated rings. The van der Waals surface area contributed by atoms with Gasteiger partial charge in [0, 0.05) is 36.6 Å². The van der Waals surface area contributed by atoms with Crippen LogP contribution >= 0.6 is 0 Å². The Morgan fingerprint density at radius 1 is 1.25 bits per heavy atom. The summed E-state index contributed by atoms with van der Waals surface area (Å²) in [6.45, 7) is 0.831. The molecule has 0 aromatic carbocycles. The number of nitrogens with one attached hydrogen (secondary N) is 3. The first-order valence-electron chi connectivity index (χ1n) is 10.8. The van der Waals surface area contributed by atoms with Crippen LogP contribution in [0.15, 0.2) is 18.5 Å². The van der Waals surface area contributed by atoms with Gasteiger partial charge in [0.15, 0.2) is 0 Å². The highest BCUT2D eigenvalue weighted by atomic mass is 32.2. The van der Waals surface area contributed by atoms with E-state index in [1.807, 2.05) is 12.3 Å². The van der Waals surface area contributed by atoms with Crippen LogP contribution in [0.2, 0.25) is 0 Å². The lowest BCUT2D eigenvalue weighted by molar-refractivity contribution is -0.126. The normalized spacial score (nSPS) is 20.4. The minimum absolute atomic E-state index is 0.00620. The molecule has 0 aliphatic heterocycles. The van der Waals surface area contributed by atoms with Crippen molar-refractivity contribution in [1.82, 2.24) is 29.6 Å². The van der Waals surface area contributed by atoms with Crippen LogP contribution in [0.3, 0.4) is 0 Å². The molecular formula is C20H27F3N6O2S. The van der Waals surface area contributed by atoms with Crippen LogP contribution in [0, 0.1) is 0 Å². The zero-order chi connectivity index (χ0) is 22.9.